The summed E-state index contributed by atoms with van der Waals surface area (Å²) in [5, 5.41) is 6.38. The van der Waals surface area contributed by atoms with Crippen LogP contribution in [-0.2, 0) is 22.6 Å². The molecule has 1 fully saturated rings. The van der Waals surface area contributed by atoms with Crippen LogP contribution in [0.1, 0.15) is 35.1 Å². The molecule has 2 atom stereocenters. The van der Waals surface area contributed by atoms with Gasteiger partial charge in [0.25, 0.3) is 0 Å². The number of nitrogens with one attached hydrogen (secondary N) is 2. The lowest BCUT2D eigenvalue weighted by Crippen LogP contribution is -2.53. The minimum absolute atomic E-state index is 0.0350. The summed E-state index contributed by atoms with van der Waals surface area (Å²) in [6.07, 6.45) is 2.25. The SMILES string of the molecule is Cc1ccc(NC(=O)[C@H]2CCCN2C(=O)[C@@H]2Cc3ccccc3CN2)c(C)c1. The first-order valence-electron chi connectivity index (χ1n) is 10.0. The normalized spacial score (nSPS) is 21.3. The highest BCUT2D eigenvalue weighted by molar-refractivity contribution is 5.98. The van der Waals surface area contributed by atoms with Gasteiger partial charge in [0, 0.05) is 18.8 Å². The van der Waals surface area contributed by atoms with E-state index in [0.29, 0.717) is 25.9 Å². The van der Waals surface area contributed by atoms with Crippen LogP contribution in [0.2, 0.25) is 0 Å². The van der Waals surface area contributed by atoms with Crippen LogP contribution in [0, 0.1) is 13.8 Å². The molecular formula is C23H27N3O2. The number of rotatable bonds is 3. The number of nitrogens with zero attached hydrogens (tertiary/aromatic N) is 1. The number of benzene rings is 2. The summed E-state index contributed by atoms with van der Waals surface area (Å²) < 4.78 is 0. The second kappa shape index (κ2) is 7.76. The molecule has 2 heterocycles. The molecule has 5 nitrogen and oxygen atoms in total. The van der Waals surface area contributed by atoms with Crippen molar-refractivity contribution in [2.24, 2.45) is 0 Å². The Bertz CT molecular complexity index is 908. The van der Waals surface area contributed by atoms with Crippen molar-refractivity contribution in [2.75, 3.05) is 11.9 Å². The fraction of sp³-hybridized carbons (Fsp3) is 0.391. The zero-order valence-corrected chi connectivity index (χ0v) is 16.5. The van der Waals surface area contributed by atoms with Crippen LogP contribution >= 0.6 is 0 Å². The van der Waals surface area contributed by atoms with Crippen LogP contribution in [-0.4, -0.2) is 35.3 Å². The number of fused-ring (bicyclic) bond motifs is 1. The van der Waals surface area contributed by atoms with E-state index in [1.807, 2.05) is 38.1 Å². The smallest absolute Gasteiger partial charge is 0.247 e. The van der Waals surface area contributed by atoms with Crippen molar-refractivity contribution in [3.63, 3.8) is 0 Å². The van der Waals surface area contributed by atoms with Crippen LogP contribution in [0.4, 0.5) is 5.69 Å². The minimum Gasteiger partial charge on any atom is -0.329 e. The maximum absolute atomic E-state index is 13.2. The molecule has 0 bridgehead atoms. The first-order valence-corrected chi connectivity index (χ1v) is 10.0. The summed E-state index contributed by atoms with van der Waals surface area (Å²) in [6, 6.07) is 13.5. The molecule has 0 saturated carbocycles. The molecule has 0 spiro atoms. The lowest BCUT2D eigenvalue weighted by molar-refractivity contribution is -0.138. The Hall–Kier alpha value is -2.66. The summed E-state index contributed by atoms with van der Waals surface area (Å²) in [4.78, 5) is 27.9. The monoisotopic (exact) mass is 377 g/mol. The van der Waals surface area contributed by atoms with Crippen molar-refractivity contribution in [2.45, 2.75) is 51.7 Å². The van der Waals surface area contributed by atoms with Gasteiger partial charge in [0.05, 0.1) is 6.04 Å². The van der Waals surface area contributed by atoms with Gasteiger partial charge in [0.2, 0.25) is 11.8 Å². The number of hydrogen-bond acceptors (Lipinski definition) is 3. The quantitative estimate of drug-likeness (QED) is 0.865. The summed E-state index contributed by atoms with van der Waals surface area (Å²) >= 11 is 0. The van der Waals surface area contributed by atoms with E-state index in [-0.39, 0.29) is 17.9 Å². The molecule has 0 radical (unpaired) electrons. The van der Waals surface area contributed by atoms with Crippen molar-refractivity contribution in [1.29, 1.82) is 0 Å². The standard InChI is InChI=1S/C23H27N3O2/c1-15-9-10-19(16(2)12-15)25-22(27)21-8-5-11-26(21)23(28)20-13-17-6-3-4-7-18(17)14-24-20/h3-4,6-7,9-10,12,20-21,24H,5,8,11,13-14H2,1-2H3,(H,25,27)/t20-,21+/m0/s1. The molecule has 2 aromatic rings. The van der Waals surface area contributed by atoms with E-state index >= 15 is 0 Å². The van der Waals surface area contributed by atoms with Gasteiger partial charge in [0.1, 0.15) is 6.04 Å². The van der Waals surface area contributed by atoms with E-state index in [1.165, 1.54) is 11.1 Å². The maximum atomic E-state index is 13.2. The second-order valence-corrected chi connectivity index (χ2v) is 7.90. The Kier molecular flexibility index (Phi) is 5.18. The highest BCUT2D eigenvalue weighted by atomic mass is 16.2. The fourth-order valence-corrected chi connectivity index (χ4v) is 4.30. The van der Waals surface area contributed by atoms with Crippen LogP contribution in [0.3, 0.4) is 0 Å². The van der Waals surface area contributed by atoms with Crippen molar-refractivity contribution in [1.82, 2.24) is 10.2 Å². The number of carbonyl (C=O) groups is 2. The molecule has 2 aliphatic heterocycles. The van der Waals surface area contributed by atoms with E-state index in [4.69, 9.17) is 0 Å². The lowest BCUT2D eigenvalue weighted by atomic mass is 9.95. The van der Waals surface area contributed by atoms with E-state index in [1.54, 1.807) is 4.90 Å². The number of hydrogen-bond donors (Lipinski definition) is 2. The Morgan fingerprint density at radius 1 is 1.11 bits per heavy atom. The Morgan fingerprint density at radius 3 is 2.68 bits per heavy atom. The molecule has 5 heteroatoms. The average molecular weight is 377 g/mol. The number of aryl methyl sites for hydroxylation is 2. The first-order chi connectivity index (χ1) is 13.5. The molecule has 4 rings (SSSR count). The molecule has 0 aromatic heterocycles. The summed E-state index contributed by atoms with van der Waals surface area (Å²) in [5.74, 6) is -0.0539. The Morgan fingerprint density at radius 2 is 1.89 bits per heavy atom. The zero-order chi connectivity index (χ0) is 19.7. The molecule has 146 valence electrons. The molecule has 1 saturated heterocycles. The second-order valence-electron chi connectivity index (χ2n) is 7.90. The molecule has 2 N–H and O–H groups in total. The number of amides is 2. The summed E-state index contributed by atoms with van der Waals surface area (Å²) in [7, 11) is 0. The average Bonchev–Trinajstić information content (AvgIpc) is 3.19. The molecule has 0 aliphatic carbocycles. The Labute approximate surface area is 166 Å². The van der Waals surface area contributed by atoms with Crippen LogP contribution in [0.5, 0.6) is 0 Å². The maximum Gasteiger partial charge on any atom is 0.247 e. The van der Waals surface area contributed by atoms with E-state index in [9.17, 15) is 9.59 Å². The predicted molar refractivity (Wildman–Crippen MR) is 110 cm³/mol. The van der Waals surface area contributed by atoms with Crippen LogP contribution < -0.4 is 10.6 Å². The third kappa shape index (κ3) is 3.67. The van der Waals surface area contributed by atoms with Gasteiger partial charge in [-0.2, -0.15) is 0 Å². The number of anilines is 1. The van der Waals surface area contributed by atoms with Crippen molar-refractivity contribution >= 4 is 17.5 Å². The van der Waals surface area contributed by atoms with Gasteiger partial charge >= 0.3 is 0 Å². The van der Waals surface area contributed by atoms with Crippen LogP contribution in [0.15, 0.2) is 42.5 Å². The highest BCUT2D eigenvalue weighted by Gasteiger charge is 2.38. The van der Waals surface area contributed by atoms with E-state index in [2.05, 4.69) is 28.8 Å². The van der Waals surface area contributed by atoms with Crippen molar-refractivity contribution in [3.8, 4) is 0 Å². The first kappa shape index (κ1) is 18.7. The molecular weight excluding hydrogens is 350 g/mol. The molecule has 2 aliphatic rings. The van der Waals surface area contributed by atoms with Gasteiger partial charge in [0.15, 0.2) is 0 Å². The van der Waals surface area contributed by atoms with Crippen molar-refractivity contribution in [3.05, 3.63) is 64.7 Å². The van der Waals surface area contributed by atoms with Crippen LogP contribution in [0.25, 0.3) is 0 Å². The molecule has 0 unspecified atom stereocenters. The van der Waals surface area contributed by atoms with E-state index < -0.39 is 6.04 Å². The topological polar surface area (TPSA) is 61.4 Å². The largest absolute Gasteiger partial charge is 0.329 e. The van der Waals surface area contributed by atoms with Gasteiger partial charge in [-0.3, -0.25) is 9.59 Å². The van der Waals surface area contributed by atoms with Gasteiger partial charge < -0.3 is 15.5 Å². The van der Waals surface area contributed by atoms with Crippen molar-refractivity contribution < 1.29 is 9.59 Å². The molecule has 2 amide bonds. The summed E-state index contributed by atoms with van der Waals surface area (Å²) in [6.45, 7) is 5.36. The fourth-order valence-electron chi connectivity index (χ4n) is 4.30. The van der Waals surface area contributed by atoms with Gasteiger partial charge in [-0.05, 0) is 55.9 Å². The zero-order valence-electron chi connectivity index (χ0n) is 16.5. The third-order valence-corrected chi connectivity index (χ3v) is 5.86. The number of carbonyl (C=O) groups excluding carboxylic acids is 2. The molecule has 2 aromatic carbocycles. The highest BCUT2D eigenvalue weighted by Crippen LogP contribution is 2.24. The van der Waals surface area contributed by atoms with Gasteiger partial charge in [-0.1, -0.05) is 42.0 Å². The lowest BCUT2D eigenvalue weighted by Gasteiger charge is -2.31. The van der Waals surface area contributed by atoms with Gasteiger partial charge in [-0.15, -0.1) is 0 Å². The molecule has 28 heavy (non-hydrogen) atoms. The predicted octanol–water partition coefficient (Wildman–Crippen LogP) is 2.95. The third-order valence-electron chi connectivity index (χ3n) is 5.86. The van der Waals surface area contributed by atoms with E-state index in [0.717, 1.165) is 23.2 Å². The van der Waals surface area contributed by atoms with Gasteiger partial charge in [-0.25, -0.2) is 0 Å². The number of likely N-dealkylation sites (tertiary alicyclic amines) is 1. The summed E-state index contributed by atoms with van der Waals surface area (Å²) in [5.41, 5.74) is 5.48. The minimum atomic E-state index is -0.396. The Balaban J connectivity index is 1.46.